The molecule has 3 rings (SSSR count). The molecule has 0 aliphatic heterocycles. The summed E-state index contributed by atoms with van der Waals surface area (Å²) < 4.78 is 39.0. The van der Waals surface area contributed by atoms with Gasteiger partial charge in [0.1, 0.15) is 11.5 Å². The van der Waals surface area contributed by atoms with Gasteiger partial charge in [-0.05, 0) is 80.3 Å². The van der Waals surface area contributed by atoms with Crippen molar-refractivity contribution in [3.8, 4) is 11.5 Å². The molecule has 0 aliphatic rings. The number of rotatable bonds is 10. The van der Waals surface area contributed by atoms with Gasteiger partial charge in [0.2, 0.25) is 0 Å². The van der Waals surface area contributed by atoms with E-state index in [1.165, 1.54) is 23.9 Å². The van der Waals surface area contributed by atoms with Crippen LogP contribution in [-0.2, 0) is 14.8 Å². The molecule has 0 spiro atoms. The van der Waals surface area contributed by atoms with Gasteiger partial charge in [0.05, 0.1) is 17.2 Å². The summed E-state index contributed by atoms with van der Waals surface area (Å²) in [5.41, 5.74) is 1.75. The van der Waals surface area contributed by atoms with Gasteiger partial charge < -0.3 is 14.8 Å². The first kappa shape index (κ1) is 24.5. The van der Waals surface area contributed by atoms with E-state index in [4.69, 9.17) is 9.47 Å². The average Bonchev–Trinajstić information content (AvgIpc) is 2.80. The number of benzene rings is 3. The Bertz CT molecular complexity index is 1210. The molecule has 3 aromatic rings. The molecular formula is C24H26N2O5S2. The minimum Gasteiger partial charge on any atom is -0.494 e. The van der Waals surface area contributed by atoms with Gasteiger partial charge in [0, 0.05) is 10.6 Å². The first-order valence-corrected chi connectivity index (χ1v) is 12.9. The van der Waals surface area contributed by atoms with Crippen LogP contribution >= 0.6 is 11.8 Å². The van der Waals surface area contributed by atoms with E-state index in [1.807, 2.05) is 37.4 Å². The first-order chi connectivity index (χ1) is 15.8. The number of carbonyl (C=O) groups is 1. The molecule has 0 aromatic heterocycles. The van der Waals surface area contributed by atoms with Crippen LogP contribution in [0, 0.1) is 6.92 Å². The smallest absolute Gasteiger partial charge is 0.262 e. The summed E-state index contributed by atoms with van der Waals surface area (Å²) >= 11 is 1.54. The molecule has 3 aromatic carbocycles. The van der Waals surface area contributed by atoms with E-state index in [9.17, 15) is 13.2 Å². The average molecular weight is 487 g/mol. The highest BCUT2D eigenvalue weighted by atomic mass is 32.2. The predicted molar refractivity (Wildman–Crippen MR) is 132 cm³/mol. The van der Waals surface area contributed by atoms with Crippen molar-refractivity contribution in [1.29, 1.82) is 0 Å². The Morgan fingerprint density at radius 3 is 2.39 bits per heavy atom. The number of aryl methyl sites for hydroxylation is 1. The number of amides is 1. The molecular weight excluding hydrogens is 460 g/mol. The number of hydrogen-bond acceptors (Lipinski definition) is 6. The normalized spacial score (nSPS) is 11.0. The van der Waals surface area contributed by atoms with Crippen LogP contribution < -0.4 is 19.5 Å². The van der Waals surface area contributed by atoms with Crippen LogP contribution in [0.1, 0.15) is 12.5 Å². The maximum atomic E-state index is 12.8. The molecule has 0 aliphatic carbocycles. The van der Waals surface area contributed by atoms with Gasteiger partial charge >= 0.3 is 0 Å². The van der Waals surface area contributed by atoms with Crippen molar-refractivity contribution in [3.05, 3.63) is 72.3 Å². The number of hydrogen-bond donors (Lipinski definition) is 2. The second-order valence-electron chi connectivity index (χ2n) is 7.03. The number of nitrogens with one attached hydrogen (secondary N) is 2. The Kier molecular flexibility index (Phi) is 8.24. The number of carbonyl (C=O) groups excluding carboxylic acids is 1. The van der Waals surface area contributed by atoms with Crippen LogP contribution in [0.25, 0.3) is 0 Å². The summed E-state index contributed by atoms with van der Waals surface area (Å²) in [6, 6.07) is 18.7. The topological polar surface area (TPSA) is 93.7 Å². The summed E-state index contributed by atoms with van der Waals surface area (Å²) in [5.74, 6) is 0.798. The van der Waals surface area contributed by atoms with Crippen LogP contribution in [0.3, 0.4) is 0 Å². The summed E-state index contributed by atoms with van der Waals surface area (Å²) in [6.07, 6.45) is 1.94. The number of ether oxygens (including phenoxy) is 2. The van der Waals surface area contributed by atoms with Crippen LogP contribution in [0.4, 0.5) is 11.4 Å². The second-order valence-corrected chi connectivity index (χ2v) is 9.56. The van der Waals surface area contributed by atoms with Crippen LogP contribution in [0.5, 0.6) is 11.5 Å². The molecule has 2 N–H and O–H groups in total. The van der Waals surface area contributed by atoms with E-state index < -0.39 is 10.0 Å². The van der Waals surface area contributed by atoms with Crippen LogP contribution in [0.15, 0.2) is 76.5 Å². The maximum Gasteiger partial charge on any atom is 0.262 e. The van der Waals surface area contributed by atoms with Crippen molar-refractivity contribution in [2.75, 3.05) is 29.5 Å². The molecule has 0 saturated carbocycles. The SMILES string of the molecule is CCOc1ccc(NS(=O)(=O)c2ccc(OCC(=O)Nc3ccccc3SC)c(C)c2)cc1. The van der Waals surface area contributed by atoms with E-state index in [2.05, 4.69) is 10.0 Å². The second kappa shape index (κ2) is 11.1. The standard InChI is InChI=1S/C24H26N2O5S2/c1-4-30-19-11-9-18(10-12-19)26-33(28,29)20-13-14-22(17(2)15-20)31-16-24(27)25-21-7-5-6-8-23(21)32-3/h5-15,26H,4,16H2,1-3H3,(H,25,27). The lowest BCUT2D eigenvalue weighted by Gasteiger charge is -2.13. The van der Waals surface area contributed by atoms with E-state index in [1.54, 1.807) is 37.3 Å². The quantitative estimate of drug-likeness (QED) is 0.395. The van der Waals surface area contributed by atoms with Gasteiger partial charge in [0.25, 0.3) is 15.9 Å². The van der Waals surface area contributed by atoms with Crippen molar-refractivity contribution in [1.82, 2.24) is 0 Å². The summed E-state index contributed by atoms with van der Waals surface area (Å²) in [7, 11) is -3.79. The Hall–Kier alpha value is -3.17. The number of para-hydroxylation sites is 1. The Labute approximate surface area is 198 Å². The van der Waals surface area contributed by atoms with Crippen LogP contribution in [-0.4, -0.2) is 33.8 Å². The minimum absolute atomic E-state index is 0.0968. The van der Waals surface area contributed by atoms with E-state index in [0.29, 0.717) is 29.4 Å². The molecule has 7 nitrogen and oxygen atoms in total. The van der Waals surface area contributed by atoms with Crippen molar-refractivity contribution in [3.63, 3.8) is 0 Å². The van der Waals surface area contributed by atoms with Gasteiger partial charge in [-0.15, -0.1) is 11.8 Å². The lowest BCUT2D eigenvalue weighted by Crippen LogP contribution is -2.21. The molecule has 0 radical (unpaired) electrons. The van der Waals surface area contributed by atoms with Gasteiger partial charge in [-0.3, -0.25) is 9.52 Å². The fourth-order valence-corrected chi connectivity index (χ4v) is 4.73. The zero-order valence-electron chi connectivity index (χ0n) is 18.6. The van der Waals surface area contributed by atoms with E-state index in [0.717, 1.165) is 10.6 Å². The van der Waals surface area contributed by atoms with Gasteiger partial charge in [-0.1, -0.05) is 12.1 Å². The number of sulfonamides is 1. The summed E-state index contributed by atoms with van der Waals surface area (Å²) in [5, 5.41) is 2.83. The number of anilines is 2. The monoisotopic (exact) mass is 486 g/mol. The highest BCUT2D eigenvalue weighted by Crippen LogP contribution is 2.26. The Morgan fingerprint density at radius 2 is 1.73 bits per heavy atom. The number of thioether (sulfide) groups is 1. The third kappa shape index (κ3) is 6.66. The molecule has 0 fully saturated rings. The molecule has 1 amide bonds. The molecule has 0 heterocycles. The van der Waals surface area contributed by atoms with E-state index >= 15 is 0 Å². The van der Waals surface area contributed by atoms with Crippen molar-refractivity contribution in [2.45, 2.75) is 23.6 Å². The molecule has 174 valence electrons. The van der Waals surface area contributed by atoms with Crippen molar-refractivity contribution >= 4 is 39.1 Å². The third-order valence-electron chi connectivity index (χ3n) is 4.61. The lowest BCUT2D eigenvalue weighted by molar-refractivity contribution is -0.118. The minimum atomic E-state index is -3.79. The molecule has 0 saturated heterocycles. The molecule has 9 heteroatoms. The summed E-state index contributed by atoms with van der Waals surface area (Å²) in [6.45, 7) is 3.95. The van der Waals surface area contributed by atoms with Crippen molar-refractivity contribution in [2.24, 2.45) is 0 Å². The fraction of sp³-hybridized carbons (Fsp3) is 0.208. The van der Waals surface area contributed by atoms with Crippen LogP contribution in [0.2, 0.25) is 0 Å². The van der Waals surface area contributed by atoms with E-state index in [-0.39, 0.29) is 17.4 Å². The first-order valence-electron chi connectivity index (χ1n) is 10.2. The Morgan fingerprint density at radius 1 is 1.00 bits per heavy atom. The maximum absolute atomic E-state index is 12.8. The third-order valence-corrected chi connectivity index (χ3v) is 6.79. The highest BCUT2D eigenvalue weighted by Gasteiger charge is 2.16. The molecule has 0 bridgehead atoms. The lowest BCUT2D eigenvalue weighted by atomic mass is 10.2. The predicted octanol–water partition coefficient (Wildman–Crippen LogP) is 4.93. The Balaban J connectivity index is 1.63. The van der Waals surface area contributed by atoms with Gasteiger partial charge in [0.15, 0.2) is 6.61 Å². The molecule has 0 unspecified atom stereocenters. The fourth-order valence-electron chi connectivity index (χ4n) is 3.03. The van der Waals surface area contributed by atoms with Crippen molar-refractivity contribution < 1.29 is 22.7 Å². The molecule has 33 heavy (non-hydrogen) atoms. The summed E-state index contributed by atoms with van der Waals surface area (Å²) in [4.78, 5) is 13.4. The van der Waals surface area contributed by atoms with Gasteiger partial charge in [-0.2, -0.15) is 0 Å². The molecule has 0 atom stereocenters. The zero-order valence-corrected chi connectivity index (χ0v) is 20.3. The highest BCUT2D eigenvalue weighted by molar-refractivity contribution is 7.98. The zero-order chi connectivity index (χ0) is 23.8. The van der Waals surface area contributed by atoms with Gasteiger partial charge in [-0.25, -0.2) is 8.42 Å². The largest absolute Gasteiger partial charge is 0.494 e.